The van der Waals surface area contributed by atoms with Gasteiger partial charge in [-0.1, -0.05) is 12.1 Å². The number of rotatable bonds is 5. The molecule has 18 heavy (non-hydrogen) atoms. The lowest BCUT2D eigenvalue weighted by atomic mass is 10.1. The molecule has 1 aromatic carbocycles. The van der Waals surface area contributed by atoms with Crippen LogP contribution in [0.5, 0.6) is 0 Å². The van der Waals surface area contributed by atoms with Gasteiger partial charge in [-0.05, 0) is 24.1 Å². The van der Waals surface area contributed by atoms with Gasteiger partial charge in [0.25, 0.3) is 0 Å². The van der Waals surface area contributed by atoms with E-state index < -0.39 is 0 Å². The van der Waals surface area contributed by atoms with Crippen molar-refractivity contribution in [3.8, 4) is 0 Å². The predicted octanol–water partition coefficient (Wildman–Crippen LogP) is 1.38. The number of nitrogens with zero attached hydrogens (tertiary/aromatic N) is 3. The van der Waals surface area contributed by atoms with E-state index in [-0.39, 0.29) is 0 Å². The van der Waals surface area contributed by atoms with E-state index in [0.29, 0.717) is 18.3 Å². The molecule has 1 aromatic heterocycles. The Bertz CT molecular complexity index is 490. The summed E-state index contributed by atoms with van der Waals surface area (Å²) in [6.07, 6.45) is 1.63. The topological polar surface area (TPSA) is 68.2 Å². The average molecular weight is 246 g/mol. The fourth-order valence-electron chi connectivity index (χ4n) is 1.68. The van der Waals surface area contributed by atoms with Crippen LogP contribution < -0.4 is 10.6 Å². The molecule has 1 heterocycles. The molecule has 0 unspecified atom stereocenters. The van der Waals surface area contributed by atoms with E-state index in [2.05, 4.69) is 39.4 Å². The molecule has 0 aliphatic carbocycles. The molecule has 0 aliphatic rings. The first-order chi connectivity index (χ1) is 8.69. The third kappa shape index (κ3) is 3.07. The second kappa shape index (κ2) is 5.64. The lowest BCUT2D eigenvalue weighted by Crippen LogP contribution is -2.08. The van der Waals surface area contributed by atoms with Gasteiger partial charge in [-0.2, -0.15) is 0 Å². The van der Waals surface area contributed by atoms with E-state index in [9.17, 15) is 0 Å². The van der Waals surface area contributed by atoms with Crippen LogP contribution in [0.3, 0.4) is 0 Å². The third-order valence-electron chi connectivity index (χ3n) is 2.76. The summed E-state index contributed by atoms with van der Waals surface area (Å²) < 4.78 is 5.36. The SMILES string of the molecule is CN(C)c1ccc(CCc2nnc(CN)o2)cc1. The fraction of sp³-hybridized carbons (Fsp3) is 0.385. The van der Waals surface area contributed by atoms with Crippen LogP contribution in [-0.4, -0.2) is 24.3 Å². The summed E-state index contributed by atoms with van der Waals surface area (Å²) in [5, 5.41) is 7.78. The maximum absolute atomic E-state index is 5.41. The molecule has 0 aliphatic heterocycles. The first-order valence-electron chi connectivity index (χ1n) is 5.96. The van der Waals surface area contributed by atoms with Gasteiger partial charge in [-0.3, -0.25) is 0 Å². The number of benzene rings is 1. The van der Waals surface area contributed by atoms with E-state index in [4.69, 9.17) is 10.2 Å². The molecular formula is C13H18N4O. The van der Waals surface area contributed by atoms with Gasteiger partial charge in [-0.25, -0.2) is 0 Å². The van der Waals surface area contributed by atoms with Crippen molar-refractivity contribution in [1.29, 1.82) is 0 Å². The molecule has 2 aromatic rings. The zero-order valence-electron chi connectivity index (χ0n) is 10.8. The lowest BCUT2D eigenvalue weighted by molar-refractivity contribution is 0.450. The van der Waals surface area contributed by atoms with E-state index in [1.54, 1.807) is 0 Å². The normalized spacial score (nSPS) is 10.6. The zero-order valence-corrected chi connectivity index (χ0v) is 10.8. The van der Waals surface area contributed by atoms with Crippen LogP contribution in [0.4, 0.5) is 5.69 Å². The van der Waals surface area contributed by atoms with Gasteiger partial charge in [0, 0.05) is 26.2 Å². The number of aromatic nitrogens is 2. The van der Waals surface area contributed by atoms with Crippen LogP contribution >= 0.6 is 0 Å². The minimum atomic E-state index is 0.296. The van der Waals surface area contributed by atoms with Crippen molar-refractivity contribution >= 4 is 5.69 Å². The molecule has 0 bridgehead atoms. The molecule has 0 spiro atoms. The number of anilines is 1. The summed E-state index contributed by atoms with van der Waals surface area (Å²) >= 11 is 0. The maximum atomic E-state index is 5.41. The highest BCUT2D eigenvalue weighted by Gasteiger charge is 2.04. The molecule has 0 saturated heterocycles. The summed E-state index contributed by atoms with van der Waals surface area (Å²) in [5.41, 5.74) is 7.87. The Balaban J connectivity index is 1.93. The van der Waals surface area contributed by atoms with E-state index in [0.717, 1.165) is 12.8 Å². The zero-order chi connectivity index (χ0) is 13.0. The second-order valence-electron chi connectivity index (χ2n) is 4.35. The monoisotopic (exact) mass is 246 g/mol. The van der Waals surface area contributed by atoms with Crippen LogP contribution in [0.15, 0.2) is 28.7 Å². The van der Waals surface area contributed by atoms with Gasteiger partial charge in [0.1, 0.15) is 0 Å². The van der Waals surface area contributed by atoms with E-state index in [1.165, 1.54) is 11.3 Å². The molecule has 2 rings (SSSR count). The van der Waals surface area contributed by atoms with Crippen LogP contribution in [0.25, 0.3) is 0 Å². The highest BCUT2D eigenvalue weighted by Crippen LogP contribution is 2.13. The first kappa shape index (κ1) is 12.6. The van der Waals surface area contributed by atoms with Gasteiger partial charge < -0.3 is 15.1 Å². The summed E-state index contributed by atoms with van der Waals surface area (Å²) in [5.74, 6) is 1.14. The minimum Gasteiger partial charge on any atom is -0.424 e. The Labute approximate surface area is 107 Å². The largest absolute Gasteiger partial charge is 0.424 e. The van der Waals surface area contributed by atoms with Gasteiger partial charge in [-0.15, -0.1) is 10.2 Å². The van der Waals surface area contributed by atoms with Crippen molar-refractivity contribution < 1.29 is 4.42 Å². The first-order valence-corrected chi connectivity index (χ1v) is 5.96. The average Bonchev–Trinajstić information content (AvgIpc) is 2.85. The smallest absolute Gasteiger partial charge is 0.230 e. The quantitative estimate of drug-likeness (QED) is 0.863. The molecule has 0 atom stereocenters. The number of hydrogen-bond acceptors (Lipinski definition) is 5. The maximum Gasteiger partial charge on any atom is 0.230 e. The number of aryl methyl sites for hydroxylation is 2. The summed E-state index contributed by atoms with van der Waals surface area (Å²) in [6.45, 7) is 0.296. The highest BCUT2D eigenvalue weighted by molar-refractivity contribution is 5.46. The Hall–Kier alpha value is -1.88. The van der Waals surface area contributed by atoms with Crippen molar-refractivity contribution in [2.24, 2.45) is 5.73 Å². The molecule has 96 valence electrons. The predicted molar refractivity (Wildman–Crippen MR) is 70.4 cm³/mol. The Morgan fingerprint density at radius 3 is 2.28 bits per heavy atom. The van der Waals surface area contributed by atoms with Crippen LogP contribution in [0, 0.1) is 0 Å². The summed E-state index contributed by atoms with van der Waals surface area (Å²) in [6, 6.07) is 8.45. The van der Waals surface area contributed by atoms with Crippen molar-refractivity contribution in [3.05, 3.63) is 41.6 Å². The third-order valence-corrected chi connectivity index (χ3v) is 2.76. The van der Waals surface area contributed by atoms with Crippen LogP contribution in [0.2, 0.25) is 0 Å². The minimum absolute atomic E-state index is 0.296. The molecule has 0 fully saturated rings. The van der Waals surface area contributed by atoms with Gasteiger partial charge in [0.15, 0.2) is 0 Å². The van der Waals surface area contributed by atoms with Crippen LogP contribution in [-0.2, 0) is 19.4 Å². The number of hydrogen-bond donors (Lipinski definition) is 1. The fourth-order valence-corrected chi connectivity index (χ4v) is 1.68. The van der Waals surface area contributed by atoms with Gasteiger partial charge in [0.2, 0.25) is 11.8 Å². The lowest BCUT2D eigenvalue weighted by Gasteiger charge is -2.12. The molecule has 5 heteroatoms. The van der Waals surface area contributed by atoms with Gasteiger partial charge in [0.05, 0.1) is 6.54 Å². The van der Waals surface area contributed by atoms with Crippen molar-refractivity contribution in [2.75, 3.05) is 19.0 Å². The van der Waals surface area contributed by atoms with Crippen LogP contribution in [0.1, 0.15) is 17.3 Å². The second-order valence-corrected chi connectivity index (χ2v) is 4.35. The Kier molecular flexibility index (Phi) is 3.94. The molecular weight excluding hydrogens is 228 g/mol. The number of nitrogens with two attached hydrogens (primary N) is 1. The Morgan fingerprint density at radius 1 is 1.06 bits per heavy atom. The molecule has 5 nitrogen and oxygen atoms in total. The van der Waals surface area contributed by atoms with Crippen molar-refractivity contribution in [2.45, 2.75) is 19.4 Å². The molecule has 2 N–H and O–H groups in total. The summed E-state index contributed by atoms with van der Waals surface area (Å²) in [4.78, 5) is 2.08. The van der Waals surface area contributed by atoms with E-state index >= 15 is 0 Å². The molecule has 0 radical (unpaired) electrons. The van der Waals surface area contributed by atoms with Crippen molar-refractivity contribution in [3.63, 3.8) is 0 Å². The molecule has 0 amide bonds. The molecule has 0 saturated carbocycles. The standard InChI is InChI=1S/C13H18N4O/c1-17(2)11-6-3-10(4-7-11)5-8-12-15-16-13(9-14)18-12/h3-4,6-7H,5,8-9,14H2,1-2H3. The highest BCUT2D eigenvalue weighted by atomic mass is 16.4. The summed E-state index contributed by atoms with van der Waals surface area (Å²) in [7, 11) is 4.06. The Morgan fingerprint density at radius 2 is 1.72 bits per heavy atom. The van der Waals surface area contributed by atoms with Gasteiger partial charge >= 0.3 is 0 Å². The van der Waals surface area contributed by atoms with E-state index in [1.807, 2.05) is 14.1 Å². The van der Waals surface area contributed by atoms with Crippen molar-refractivity contribution in [1.82, 2.24) is 10.2 Å².